The predicted molar refractivity (Wildman–Crippen MR) is 72.8 cm³/mol. The molecule has 0 spiro atoms. The third-order valence-electron chi connectivity index (χ3n) is 2.64. The summed E-state index contributed by atoms with van der Waals surface area (Å²) in [6, 6.07) is 13.8. The van der Waals surface area contributed by atoms with E-state index in [4.69, 9.17) is 0 Å². The second-order valence-electron chi connectivity index (χ2n) is 3.81. The molecule has 0 bridgehead atoms. The highest BCUT2D eigenvalue weighted by Crippen LogP contribution is 2.27. The smallest absolute Gasteiger partial charge is 0.152 e. The molecule has 2 heterocycles. The number of aldehydes is 1. The van der Waals surface area contributed by atoms with Crippen LogP contribution in [0, 0.1) is 0 Å². The fourth-order valence-electron chi connectivity index (χ4n) is 1.81. The van der Waals surface area contributed by atoms with Crippen LogP contribution in [0.15, 0.2) is 59.8 Å². The van der Waals surface area contributed by atoms with Crippen molar-refractivity contribution in [1.82, 2.24) is 8.96 Å². The minimum atomic E-state index is 0.668. The molecule has 0 saturated heterocycles. The Morgan fingerprint density at radius 2 is 1.94 bits per heavy atom. The Morgan fingerprint density at radius 3 is 2.72 bits per heavy atom. The molecule has 0 unspecified atom stereocenters. The molecule has 4 heteroatoms. The van der Waals surface area contributed by atoms with Crippen LogP contribution in [0.3, 0.4) is 0 Å². The van der Waals surface area contributed by atoms with Crippen molar-refractivity contribution in [3.8, 4) is 0 Å². The molecule has 3 nitrogen and oxygen atoms in total. The summed E-state index contributed by atoms with van der Waals surface area (Å²) >= 11 is 1.55. The largest absolute Gasteiger partial charge is 0.298 e. The van der Waals surface area contributed by atoms with E-state index in [9.17, 15) is 4.79 Å². The first kappa shape index (κ1) is 11.0. The Kier molecular flexibility index (Phi) is 2.86. The molecule has 3 aromatic rings. The number of aromatic nitrogens is 2. The summed E-state index contributed by atoms with van der Waals surface area (Å²) in [5.41, 5.74) is 1.48. The highest BCUT2D eigenvalue weighted by Gasteiger charge is 2.09. The van der Waals surface area contributed by atoms with Crippen molar-refractivity contribution in [2.75, 3.05) is 0 Å². The number of hydrogen-bond acceptors (Lipinski definition) is 3. The zero-order chi connectivity index (χ0) is 12.4. The number of carbonyl (C=O) groups is 1. The van der Waals surface area contributed by atoms with E-state index < -0.39 is 0 Å². The topological polar surface area (TPSA) is 34.9 Å². The first-order valence-electron chi connectivity index (χ1n) is 5.53. The fourth-order valence-corrected chi connectivity index (χ4v) is 2.72. The van der Waals surface area contributed by atoms with Gasteiger partial charge < -0.3 is 0 Å². The SMILES string of the molecule is O=Cc1cn(Sc2ccccc2)c2ncccc12. The zero-order valence-electron chi connectivity index (χ0n) is 9.48. The van der Waals surface area contributed by atoms with Crippen molar-refractivity contribution in [3.63, 3.8) is 0 Å². The molecule has 88 valence electrons. The van der Waals surface area contributed by atoms with Crippen molar-refractivity contribution in [1.29, 1.82) is 0 Å². The van der Waals surface area contributed by atoms with Crippen LogP contribution in [0.4, 0.5) is 0 Å². The Labute approximate surface area is 109 Å². The van der Waals surface area contributed by atoms with Crippen LogP contribution in [-0.2, 0) is 0 Å². The van der Waals surface area contributed by atoms with Crippen LogP contribution in [0.5, 0.6) is 0 Å². The average Bonchev–Trinajstić information content (AvgIpc) is 2.78. The predicted octanol–water partition coefficient (Wildman–Crippen LogP) is 3.40. The number of benzene rings is 1. The quantitative estimate of drug-likeness (QED) is 0.672. The molecule has 0 radical (unpaired) electrons. The van der Waals surface area contributed by atoms with E-state index in [-0.39, 0.29) is 0 Å². The Bertz CT molecular complexity index is 691. The van der Waals surface area contributed by atoms with E-state index in [0.29, 0.717) is 5.56 Å². The molecule has 0 amide bonds. The summed E-state index contributed by atoms with van der Waals surface area (Å²) in [7, 11) is 0. The summed E-state index contributed by atoms with van der Waals surface area (Å²) in [6.07, 6.45) is 4.42. The second kappa shape index (κ2) is 4.66. The second-order valence-corrected chi connectivity index (χ2v) is 4.85. The molecule has 0 aliphatic carbocycles. The van der Waals surface area contributed by atoms with Gasteiger partial charge in [0.25, 0.3) is 0 Å². The third-order valence-corrected chi connectivity index (χ3v) is 3.59. The molecule has 0 aliphatic heterocycles. The number of hydrogen-bond donors (Lipinski definition) is 0. The fraction of sp³-hybridized carbons (Fsp3) is 0. The Hall–Kier alpha value is -2.07. The molecule has 0 N–H and O–H groups in total. The molecular weight excluding hydrogens is 244 g/mol. The van der Waals surface area contributed by atoms with Gasteiger partial charge in [0, 0.05) is 28.2 Å². The molecule has 1 aromatic carbocycles. The van der Waals surface area contributed by atoms with E-state index in [0.717, 1.165) is 22.2 Å². The van der Waals surface area contributed by atoms with Gasteiger partial charge >= 0.3 is 0 Å². The minimum Gasteiger partial charge on any atom is -0.298 e. The van der Waals surface area contributed by atoms with Gasteiger partial charge in [0.05, 0.1) is 0 Å². The lowest BCUT2D eigenvalue weighted by Crippen LogP contribution is -1.86. The van der Waals surface area contributed by atoms with Gasteiger partial charge in [0.1, 0.15) is 0 Å². The maximum atomic E-state index is 11.0. The van der Waals surface area contributed by atoms with Gasteiger partial charge in [-0.05, 0) is 36.2 Å². The van der Waals surface area contributed by atoms with Crippen molar-refractivity contribution < 1.29 is 4.79 Å². The molecule has 0 fully saturated rings. The van der Waals surface area contributed by atoms with E-state index in [1.807, 2.05) is 52.6 Å². The van der Waals surface area contributed by atoms with Crippen LogP contribution < -0.4 is 0 Å². The summed E-state index contributed by atoms with van der Waals surface area (Å²) in [5, 5.41) is 0.885. The number of fused-ring (bicyclic) bond motifs is 1. The highest BCUT2D eigenvalue weighted by molar-refractivity contribution is 7.98. The summed E-state index contributed by atoms with van der Waals surface area (Å²) < 4.78 is 1.92. The monoisotopic (exact) mass is 254 g/mol. The van der Waals surface area contributed by atoms with Gasteiger partial charge in [-0.1, -0.05) is 18.2 Å². The van der Waals surface area contributed by atoms with Crippen LogP contribution in [0.2, 0.25) is 0 Å². The first-order chi connectivity index (χ1) is 8.88. The van der Waals surface area contributed by atoms with Crippen molar-refractivity contribution in [2.45, 2.75) is 4.90 Å². The molecular formula is C14H10N2OS. The Morgan fingerprint density at radius 1 is 1.11 bits per heavy atom. The summed E-state index contributed by atoms with van der Waals surface area (Å²) in [4.78, 5) is 16.5. The van der Waals surface area contributed by atoms with Crippen LogP contribution in [0.25, 0.3) is 11.0 Å². The summed E-state index contributed by atoms with van der Waals surface area (Å²) in [6.45, 7) is 0. The van der Waals surface area contributed by atoms with E-state index in [1.165, 1.54) is 0 Å². The number of carbonyl (C=O) groups excluding carboxylic acids is 1. The average molecular weight is 254 g/mol. The first-order valence-corrected chi connectivity index (χ1v) is 6.30. The maximum absolute atomic E-state index is 11.0. The van der Waals surface area contributed by atoms with Crippen molar-refractivity contribution in [3.05, 3.63) is 60.4 Å². The highest BCUT2D eigenvalue weighted by atomic mass is 32.2. The molecule has 2 aromatic heterocycles. The van der Waals surface area contributed by atoms with Crippen LogP contribution >= 0.6 is 11.9 Å². The molecule has 3 rings (SSSR count). The number of pyridine rings is 1. The van der Waals surface area contributed by atoms with Gasteiger partial charge in [0.2, 0.25) is 0 Å². The van der Waals surface area contributed by atoms with Crippen molar-refractivity contribution >= 4 is 29.3 Å². The number of nitrogens with zero attached hydrogens (tertiary/aromatic N) is 2. The molecule has 18 heavy (non-hydrogen) atoms. The maximum Gasteiger partial charge on any atom is 0.152 e. The zero-order valence-corrected chi connectivity index (χ0v) is 10.3. The lowest BCUT2D eigenvalue weighted by molar-refractivity contribution is 0.112. The van der Waals surface area contributed by atoms with Gasteiger partial charge in [0.15, 0.2) is 11.9 Å². The van der Waals surface area contributed by atoms with Gasteiger partial charge in [-0.15, -0.1) is 0 Å². The standard InChI is InChI=1S/C14H10N2OS/c17-10-11-9-16(14-13(11)7-4-8-15-14)18-12-5-2-1-3-6-12/h1-10H. The minimum absolute atomic E-state index is 0.668. The number of rotatable bonds is 3. The third kappa shape index (κ3) is 1.91. The van der Waals surface area contributed by atoms with Crippen LogP contribution in [-0.4, -0.2) is 15.2 Å². The van der Waals surface area contributed by atoms with E-state index in [1.54, 1.807) is 18.1 Å². The van der Waals surface area contributed by atoms with E-state index >= 15 is 0 Å². The molecule has 0 aliphatic rings. The van der Waals surface area contributed by atoms with Gasteiger partial charge in [-0.3, -0.25) is 8.77 Å². The normalized spacial score (nSPS) is 10.7. The summed E-state index contributed by atoms with van der Waals surface area (Å²) in [5.74, 6) is 0. The van der Waals surface area contributed by atoms with Crippen molar-refractivity contribution in [2.24, 2.45) is 0 Å². The van der Waals surface area contributed by atoms with Gasteiger partial charge in [-0.2, -0.15) is 0 Å². The molecule has 0 saturated carbocycles. The molecule has 0 atom stereocenters. The van der Waals surface area contributed by atoms with Crippen LogP contribution in [0.1, 0.15) is 10.4 Å². The van der Waals surface area contributed by atoms with Gasteiger partial charge in [-0.25, -0.2) is 4.98 Å². The van der Waals surface area contributed by atoms with E-state index in [2.05, 4.69) is 4.98 Å². The Balaban J connectivity index is 2.10. The lowest BCUT2D eigenvalue weighted by Gasteiger charge is -2.02. The lowest BCUT2D eigenvalue weighted by atomic mass is 10.2.